The SMILES string of the molecule is COC(=O)CCCCCCCCC(=O)CC(CCCCCC(C)=O)C(=O)OC. The summed E-state index contributed by atoms with van der Waals surface area (Å²) in [5.41, 5.74) is 0. The maximum Gasteiger partial charge on any atom is 0.309 e. The molecule has 1 atom stereocenters. The molecule has 0 saturated heterocycles. The molecule has 162 valence electrons. The minimum Gasteiger partial charge on any atom is -0.469 e. The zero-order chi connectivity index (χ0) is 21.2. The Bertz CT molecular complexity index is 472. The minimum absolute atomic E-state index is 0.116. The van der Waals surface area contributed by atoms with Crippen molar-refractivity contribution in [1.82, 2.24) is 0 Å². The zero-order valence-corrected chi connectivity index (χ0v) is 17.9. The van der Waals surface area contributed by atoms with E-state index in [9.17, 15) is 19.2 Å². The molecule has 0 aliphatic rings. The van der Waals surface area contributed by atoms with E-state index in [0.717, 1.165) is 57.8 Å². The van der Waals surface area contributed by atoms with Crippen molar-refractivity contribution < 1.29 is 28.7 Å². The Morgan fingerprint density at radius 1 is 0.679 bits per heavy atom. The van der Waals surface area contributed by atoms with E-state index in [1.165, 1.54) is 14.2 Å². The van der Waals surface area contributed by atoms with Gasteiger partial charge in [0.15, 0.2) is 0 Å². The third kappa shape index (κ3) is 15.3. The number of hydrogen-bond acceptors (Lipinski definition) is 6. The normalized spacial score (nSPS) is 11.7. The third-order valence-electron chi connectivity index (χ3n) is 4.90. The zero-order valence-electron chi connectivity index (χ0n) is 17.9. The molecule has 0 aromatic heterocycles. The van der Waals surface area contributed by atoms with E-state index in [0.29, 0.717) is 25.7 Å². The molecule has 0 N–H and O–H groups in total. The summed E-state index contributed by atoms with van der Waals surface area (Å²) in [5.74, 6) is -0.545. The second-order valence-electron chi connectivity index (χ2n) is 7.46. The lowest BCUT2D eigenvalue weighted by Crippen LogP contribution is -2.20. The second-order valence-corrected chi connectivity index (χ2v) is 7.46. The summed E-state index contributed by atoms with van der Waals surface area (Å²) in [5, 5.41) is 0. The van der Waals surface area contributed by atoms with Gasteiger partial charge in [-0.15, -0.1) is 0 Å². The van der Waals surface area contributed by atoms with Gasteiger partial charge in [0.1, 0.15) is 11.6 Å². The van der Waals surface area contributed by atoms with Gasteiger partial charge in [-0.2, -0.15) is 0 Å². The van der Waals surface area contributed by atoms with Crippen LogP contribution in [0.1, 0.15) is 96.8 Å². The van der Waals surface area contributed by atoms with Crippen LogP contribution in [0.2, 0.25) is 0 Å². The number of Topliss-reactive ketones (excluding diaryl/α,β-unsaturated/α-hetero) is 2. The first-order chi connectivity index (χ1) is 13.4. The van der Waals surface area contributed by atoms with Crippen LogP contribution in [0.4, 0.5) is 0 Å². The molecule has 0 rings (SSSR count). The molecule has 0 saturated carbocycles. The van der Waals surface area contributed by atoms with Gasteiger partial charge in [0.25, 0.3) is 0 Å². The summed E-state index contributed by atoms with van der Waals surface area (Å²) in [7, 11) is 2.76. The second kappa shape index (κ2) is 17.4. The molecular weight excluding hydrogens is 360 g/mol. The Kier molecular flexibility index (Phi) is 16.3. The van der Waals surface area contributed by atoms with E-state index < -0.39 is 0 Å². The summed E-state index contributed by atoms with van der Waals surface area (Å²) in [4.78, 5) is 46.0. The van der Waals surface area contributed by atoms with Crippen LogP contribution >= 0.6 is 0 Å². The highest BCUT2D eigenvalue weighted by Crippen LogP contribution is 2.19. The number of carbonyl (C=O) groups is 4. The van der Waals surface area contributed by atoms with Crippen molar-refractivity contribution in [2.24, 2.45) is 5.92 Å². The van der Waals surface area contributed by atoms with Crippen molar-refractivity contribution in [1.29, 1.82) is 0 Å². The van der Waals surface area contributed by atoms with E-state index in [1.807, 2.05) is 0 Å². The number of hydrogen-bond donors (Lipinski definition) is 0. The van der Waals surface area contributed by atoms with Crippen molar-refractivity contribution in [3.8, 4) is 0 Å². The third-order valence-corrected chi connectivity index (χ3v) is 4.90. The Labute approximate surface area is 169 Å². The average Bonchev–Trinajstić information content (AvgIpc) is 2.67. The van der Waals surface area contributed by atoms with Crippen LogP contribution in [0, 0.1) is 5.92 Å². The van der Waals surface area contributed by atoms with Gasteiger partial charge >= 0.3 is 11.9 Å². The van der Waals surface area contributed by atoms with Crippen LogP contribution in [0.25, 0.3) is 0 Å². The van der Waals surface area contributed by atoms with Crippen LogP contribution in [0.5, 0.6) is 0 Å². The Morgan fingerprint density at radius 3 is 1.79 bits per heavy atom. The van der Waals surface area contributed by atoms with Crippen molar-refractivity contribution in [2.75, 3.05) is 14.2 Å². The maximum absolute atomic E-state index is 12.2. The molecular formula is C22H38O6. The fourth-order valence-electron chi connectivity index (χ4n) is 3.19. The van der Waals surface area contributed by atoms with Gasteiger partial charge in [0, 0.05) is 25.7 Å². The molecule has 0 bridgehead atoms. The number of carbonyl (C=O) groups excluding carboxylic acids is 4. The van der Waals surface area contributed by atoms with E-state index >= 15 is 0 Å². The molecule has 0 aromatic rings. The number of esters is 2. The van der Waals surface area contributed by atoms with Gasteiger partial charge in [0.05, 0.1) is 20.1 Å². The van der Waals surface area contributed by atoms with E-state index in [1.54, 1.807) is 6.92 Å². The monoisotopic (exact) mass is 398 g/mol. The van der Waals surface area contributed by atoms with Crippen LogP contribution < -0.4 is 0 Å². The van der Waals surface area contributed by atoms with E-state index in [-0.39, 0.29) is 35.8 Å². The van der Waals surface area contributed by atoms with E-state index in [2.05, 4.69) is 4.74 Å². The number of methoxy groups -OCH3 is 2. The lowest BCUT2D eigenvalue weighted by atomic mass is 9.93. The van der Waals surface area contributed by atoms with Crippen LogP contribution in [-0.2, 0) is 28.7 Å². The summed E-state index contributed by atoms with van der Waals surface area (Å²) < 4.78 is 9.44. The molecule has 0 heterocycles. The number of unbranched alkanes of at least 4 members (excludes halogenated alkanes) is 7. The van der Waals surface area contributed by atoms with E-state index in [4.69, 9.17) is 4.74 Å². The van der Waals surface area contributed by atoms with Crippen molar-refractivity contribution in [3.63, 3.8) is 0 Å². The highest BCUT2D eigenvalue weighted by atomic mass is 16.5. The quantitative estimate of drug-likeness (QED) is 0.248. The first kappa shape index (κ1) is 26.3. The standard InChI is InChI=1S/C22H38O6/c1-18(23)13-9-8-10-14-19(22(26)28-3)17-20(24)15-11-6-4-5-7-12-16-21(25)27-2/h19H,4-17H2,1-3H3. The lowest BCUT2D eigenvalue weighted by molar-refractivity contribution is -0.147. The molecule has 0 aromatic carbocycles. The average molecular weight is 399 g/mol. The molecule has 6 heteroatoms. The Balaban J connectivity index is 3.88. The molecule has 0 aliphatic heterocycles. The van der Waals surface area contributed by atoms with Gasteiger partial charge in [0.2, 0.25) is 0 Å². The molecule has 0 radical (unpaired) electrons. The van der Waals surface area contributed by atoms with Gasteiger partial charge in [-0.05, 0) is 32.6 Å². The molecule has 6 nitrogen and oxygen atoms in total. The smallest absolute Gasteiger partial charge is 0.309 e. The Hall–Kier alpha value is -1.72. The van der Waals surface area contributed by atoms with Crippen molar-refractivity contribution in [3.05, 3.63) is 0 Å². The first-order valence-corrected chi connectivity index (χ1v) is 10.6. The summed E-state index contributed by atoms with van der Waals surface area (Å²) in [6, 6.07) is 0. The lowest BCUT2D eigenvalue weighted by Gasteiger charge is -2.13. The fraction of sp³-hybridized carbons (Fsp3) is 0.818. The number of ether oxygens (including phenoxy) is 2. The molecule has 1 unspecified atom stereocenters. The topological polar surface area (TPSA) is 86.7 Å². The Morgan fingerprint density at radius 2 is 1.21 bits per heavy atom. The van der Waals surface area contributed by atoms with Crippen molar-refractivity contribution >= 4 is 23.5 Å². The first-order valence-electron chi connectivity index (χ1n) is 10.6. The predicted octanol–water partition coefficient (Wildman–Crippen LogP) is 4.57. The summed E-state index contributed by atoms with van der Waals surface area (Å²) in [6.07, 6.45) is 10.7. The molecule has 0 aliphatic carbocycles. The van der Waals surface area contributed by atoms with Gasteiger partial charge in [-0.25, -0.2) is 0 Å². The minimum atomic E-state index is -0.367. The predicted molar refractivity (Wildman–Crippen MR) is 108 cm³/mol. The van der Waals surface area contributed by atoms with Gasteiger partial charge in [-0.1, -0.05) is 38.5 Å². The highest BCUT2D eigenvalue weighted by Gasteiger charge is 2.21. The molecule has 0 amide bonds. The fourth-order valence-corrected chi connectivity index (χ4v) is 3.19. The van der Waals surface area contributed by atoms with Gasteiger partial charge in [-0.3, -0.25) is 14.4 Å². The van der Waals surface area contributed by atoms with Crippen LogP contribution in [0.3, 0.4) is 0 Å². The number of rotatable bonds is 18. The summed E-state index contributed by atoms with van der Waals surface area (Å²) in [6.45, 7) is 1.58. The number of ketones is 2. The largest absolute Gasteiger partial charge is 0.469 e. The maximum atomic E-state index is 12.2. The summed E-state index contributed by atoms with van der Waals surface area (Å²) >= 11 is 0. The van der Waals surface area contributed by atoms with Crippen LogP contribution in [0.15, 0.2) is 0 Å². The van der Waals surface area contributed by atoms with Crippen LogP contribution in [-0.4, -0.2) is 37.7 Å². The van der Waals surface area contributed by atoms with Gasteiger partial charge < -0.3 is 14.3 Å². The van der Waals surface area contributed by atoms with Crippen molar-refractivity contribution in [2.45, 2.75) is 96.8 Å². The highest BCUT2D eigenvalue weighted by molar-refractivity contribution is 5.84. The molecule has 0 spiro atoms. The molecule has 0 fully saturated rings. The molecule has 28 heavy (non-hydrogen) atoms.